The van der Waals surface area contributed by atoms with Crippen molar-refractivity contribution in [3.63, 3.8) is 0 Å². The van der Waals surface area contributed by atoms with E-state index in [-0.39, 0.29) is 18.5 Å². The molecule has 0 spiro atoms. The molecule has 0 saturated carbocycles. The normalized spacial score (nSPS) is 26.4. The summed E-state index contributed by atoms with van der Waals surface area (Å²) in [6.07, 6.45) is -5.44. The van der Waals surface area contributed by atoms with Crippen LogP contribution in [-0.2, 0) is 28.4 Å². The van der Waals surface area contributed by atoms with Crippen molar-refractivity contribution in [2.45, 2.75) is 57.7 Å². The van der Waals surface area contributed by atoms with E-state index in [1.165, 1.54) is 19.2 Å². The topological polar surface area (TPSA) is 157 Å². The molecule has 1 unspecified atom stereocenters. The van der Waals surface area contributed by atoms with Crippen molar-refractivity contribution >= 4 is 18.1 Å². The lowest BCUT2D eigenvalue weighted by molar-refractivity contribution is -0.138. The lowest BCUT2D eigenvalue weighted by Crippen LogP contribution is -2.34. The van der Waals surface area contributed by atoms with Gasteiger partial charge in [-0.25, -0.2) is 14.4 Å². The summed E-state index contributed by atoms with van der Waals surface area (Å²) in [7, 11) is 0. The summed E-state index contributed by atoms with van der Waals surface area (Å²) >= 11 is 0. The zero-order valence-corrected chi connectivity index (χ0v) is 15.8. The average Bonchev–Trinajstić information content (AvgIpc) is 3.17. The Bertz CT molecular complexity index is 812. The molecule has 160 valence electrons. The Balaban J connectivity index is 1.66. The molecule has 2 aliphatic rings. The Morgan fingerprint density at radius 2 is 2.03 bits per heavy atom. The van der Waals surface area contributed by atoms with E-state index in [0.29, 0.717) is 0 Å². The molecule has 0 bridgehead atoms. The lowest BCUT2D eigenvalue weighted by Gasteiger charge is -2.19. The minimum atomic E-state index is -1.06. The van der Waals surface area contributed by atoms with Gasteiger partial charge in [0.1, 0.15) is 12.7 Å². The molecule has 13 heteroatoms. The van der Waals surface area contributed by atoms with Crippen LogP contribution in [0, 0.1) is 0 Å². The quantitative estimate of drug-likeness (QED) is 0.367. The number of fused-ring (bicyclic) bond motifs is 1. The van der Waals surface area contributed by atoms with E-state index < -0.39 is 48.8 Å². The number of nitrogens with one attached hydrogen (secondary N) is 1. The molecule has 2 saturated heterocycles. The van der Waals surface area contributed by atoms with E-state index in [0.717, 1.165) is 4.57 Å². The summed E-state index contributed by atoms with van der Waals surface area (Å²) in [5.74, 6) is -0.0687. The van der Waals surface area contributed by atoms with Gasteiger partial charge in [-0.2, -0.15) is 4.98 Å². The second-order valence-corrected chi connectivity index (χ2v) is 6.53. The number of carbonyl (C=O) groups is 2. The molecule has 29 heavy (non-hydrogen) atoms. The second kappa shape index (κ2) is 8.63. The van der Waals surface area contributed by atoms with Gasteiger partial charge < -0.3 is 28.4 Å². The standard InChI is InChI=1S/C16H21N3O10/c1-7(2)25-8(3)26-15(21)24-6-9-11-12(29-16(22)28-11)13(27-9)19-5-4-10(18-23)17-14(19)20/h4-5,7-9,11-13,23H,6H2,1-3H3,(H,17,18,20)/t8?,9-,11-,12-,13-/m1/s1. The van der Waals surface area contributed by atoms with E-state index in [4.69, 9.17) is 33.6 Å². The Labute approximate surface area is 164 Å². The van der Waals surface area contributed by atoms with Crippen molar-refractivity contribution in [2.75, 3.05) is 12.1 Å². The highest BCUT2D eigenvalue weighted by atomic mass is 16.8. The number of carbonyl (C=O) groups excluding carboxylic acids is 2. The third-order valence-corrected chi connectivity index (χ3v) is 4.06. The zero-order valence-electron chi connectivity index (χ0n) is 15.8. The molecule has 0 aromatic carbocycles. The minimum Gasteiger partial charge on any atom is -0.431 e. The molecular formula is C16H21N3O10. The molecule has 0 amide bonds. The minimum absolute atomic E-state index is 0.0687. The summed E-state index contributed by atoms with van der Waals surface area (Å²) in [5.41, 5.74) is 0.983. The van der Waals surface area contributed by atoms with Crippen LogP contribution in [-0.4, -0.2) is 64.4 Å². The Hall–Kier alpha value is -2.90. The number of hydrogen-bond acceptors (Lipinski definition) is 12. The number of hydrogen-bond donors (Lipinski definition) is 2. The van der Waals surface area contributed by atoms with Gasteiger partial charge in [0, 0.05) is 6.20 Å². The van der Waals surface area contributed by atoms with Gasteiger partial charge in [-0.3, -0.25) is 15.3 Å². The fourth-order valence-electron chi connectivity index (χ4n) is 2.98. The molecule has 2 aliphatic heterocycles. The summed E-state index contributed by atoms with van der Waals surface area (Å²) in [6.45, 7) is 4.79. The SMILES string of the molecule is CC(C)OC(C)OC(=O)OC[C@H]1O[C@@H](n2ccc(NO)nc2=O)[C@@H]2OC(=O)O[C@@H]21. The van der Waals surface area contributed by atoms with E-state index in [2.05, 4.69) is 4.98 Å². The van der Waals surface area contributed by atoms with Gasteiger partial charge in [0.15, 0.2) is 24.3 Å². The average molecular weight is 415 g/mol. The van der Waals surface area contributed by atoms with Crippen molar-refractivity contribution in [1.82, 2.24) is 9.55 Å². The highest BCUT2D eigenvalue weighted by molar-refractivity contribution is 5.63. The highest BCUT2D eigenvalue weighted by Gasteiger charge is 2.55. The van der Waals surface area contributed by atoms with Gasteiger partial charge in [0.25, 0.3) is 0 Å². The molecule has 13 nitrogen and oxygen atoms in total. The lowest BCUT2D eigenvalue weighted by atomic mass is 10.1. The molecule has 3 heterocycles. The zero-order chi connectivity index (χ0) is 21.1. The van der Waals surface area contributed by atoms with Crippen LogP contribution >= 0.6 is 0 Å². The Kier molecular flexibility index (Phi) is 6.20. The van der Waals surface area contributed by atoms with Crippen LogP contribution in [0.25, 0.3) is 0 Å². The largest absolute Gasteiger partial charge is 0.510 e. The van der Waals surface area contributed by atoms with Crippen LogP contribution in [0.4, 0.5) is 15.4 Å². The summed E-state index contributed by atoms with van der Waals surface area (Å²) < 4.78 is 32.1. The van der Waals surface area contributed by atoms with Crippen molar-refractivity contribution in [3.05, 3.63) is 22.7 Å². The fraction of sp³-hybridized carbons (Fsp3) is 0.625. The van der Waals surface area contributed by atoms with E-state index in [1.807, 2.05) is 0 Å². The van der Waals surface area contributed by atoms with Gasteiger partial charge >= 0.3 is 18.0 Å². The van der Waals surface area contributed by atoms with Crippen LogP contribution in [0.15, 0.2) is 17.1 Å². The summed E-state index contributed by atoms with van der Waals surface area (Å²) in [5, 5.41) is 8.83. The van der Waals surface area contributed by atoms with Crippen LogP contribution in [0.3, 0.4) is 0 Å². The van der Waals surface area contributed by atoms with Crippen molar-refractivity contribution in [3.8, 4) is 0 Å². The van der Waals surface area contributed by atoms with Gasteiger partial charge in [0.2, 0.25) is 6.29 Å². The third-order valence-electron chi connectivity index (χ3n) is 4.06. The first-order valence-electron chi connectivity index (χ1n) is 8.79. The first-order chi connectivity index (χ1) is 13.8. The molecule has 1 aromatic heterocycles. The molecule has 5 atom stereocenters. The van der Waals surface area contributed by atoms with Crippen LogP contribution in [0.5, 0.6) is 0 Å². The van der Waals surface area contributed by atoms with Crippen molar-refractivity contribution in [2.24, 2.45) is 0 Å². The predicted molar refractivity (Wildman–Crippen MR) is 91.1 cm³/mol. The van der Waals surface area contributed by atoms with Gasteiger partial charge in [-0.05, 0) is 26.8 Å². The van der Waals surface area contributed by atoms with Crippen LogP contribution in [0.1, 0.15) is 27.0 Å². The molecule has 0 aliphatic carbocycles. The number of anilines is 1. The van der Waals surface area contributed by atoms with Crippen molar-refractivity contribution in [1.29, 1.82) is 0 Å². The molecule has 3 rings (SSSR count). The maximum Gasteiger partial charge on any atom is 0.510 e. The highest BCUT2D eigenvalue weighted by Crippen LogP contribution is 2.37. The van der Waals surface area contributed by atoms with Gasteiger partial charge in [-0.15, -0.1) is 0 Å². The second-order valence-electron chi connectivity index (χ2n) is 6.53. The maximum atomic E-state index is 12.2. The number of nitrogens with zero attached hydrogens (tertiary/aromatic N) is 2. The Morgan fingerprint density at radius 3 is 2.69 bits per heavy atom. The van der Waals surface area contributed by atoms with E-state index in [9.17, 15) is 14.4 Å². The summed E-state index contributed by atoms with van der Waals surface area (Å²) in [4.78, 5) is 39.1. The summed E-state index contributed by atoms with van der Waals surface area (Å²) in [6, 6.07) is 1.31. The smallest absolute Gasteiger partial charge is 0.431 e. The fourth-order valence-corrected chi connectivity index (χ4v) is 2.98. The van der Waals surface area contributed by atoms with Crippen LogP contribution in [0.2, 0.25) is 0 Å². The Morgan fingerprint density at radius 1 is 1.31 bits per heavy atom. The van der Waals surface area contributed by atoms with Crippen LogP contribution < -0.4 is 11.2 Å². The van der Waals surface area contributed by atoms with E-state index >= 15 is 0 Å². The number of rotatable bonds is 7. The predicted octanol–water partition coefficient (Wildman–Crippen LogP) is 0.770. The maximum absolute atomic E-state index is 12.2. The van der Waals surface area contributed by atoms with E-state index in [1.54, 1.807) is 19.3 Å². The van der Waals surface area contributed by atoms with Gasteiger partial charge in [0.05, 0.1) is 6.10 Å². The van der Waals surface area contributed by atoms with Gasteiger partial charge in [-0.1, -0.05) is 0 Å². The number of ether oxygens (including phenoxy) is 6. The van der Waals surface area contributed by atoms with Crippen molar-refractivity contribution < 1.29 is 43.2 Å². The molecule has 0 radical (unpaired) electrons. The molecule has 2 fully saturated rings. The molecular weight excluding hydrogens is 394 g/mol. The first kappa shape index (κ1) is 20.8. The molecule has 1 aromatic rings. The monoisotopic (exact) mass is 415 g/mol. The third kappa shape index (κ3) is 4.75. The first-order valence-corrected chi connectivity index (χ1v) is 8.79. The number of aromatic nitrogens is 2. The molecule has 2 N–H and O–H groups in total.